The van der Waals surface area contributed by atoms with E-state index in [1.807, 2.05) is 6.07 Å². The van der Waals surface area contributed by atoms with Crippen molar-refractivity contribution in [3.05, 3.63) is 24.3 Å². The van der Waals surface area contributed by atoms with Crippen LogP contribution in [0.5, 0.6) is 0 Å². The molecule has 1 fully saturated rings. The highest BCUT2D eigenvalue weighted by Gasteiger charge is 2.21. The molecule has 2 N–H and O–H groups in total. The summed E-state index contributed by atoms with van der Waals surface area (Å²) < 4.78 is 5.32. The Balaban J connectivity index is 2.05. The lowest BCUT2D eigenvalue weighted by Crippen LogP contribution is -2.41. The predicted octanol–water partition coefficient (Wildman–Crippen LogP) is 0.178. The molecule has 0 radical (unpaired) electrons. The van der Waals surface area contributed by atoms with Crippen LogP contribution >= 0.6 is 12.2 Å². The molecular weight excluding hydrogens is 236 g/mol. The Morgan fingerprint density at radius 1 is 1.53 bits per heavy atom. The van der Waals surface area contributed by atoms with Crippen LogP contribution in [-0.2, 0) is 4.74 Å². The minimum absolute atomic E-state index is 0.00824. The first-order valence-corrected chi connectivity index (χ1v) is 6.03. The maximum Gasteiger partial charge on any atom is 0.115 e. The van der Waals surface area contributed by atoms with Gasteiger partial charge in [-0.05, 0) is 6.07 Å². The van der Waals surface area contributed by atoms with Gasteiger partial charge in [-0.2, -0.15) is 0 Å². The first-order valence-electron chi connectivity index (χ1n) is 5.62. The van der Waals surface area contributed by atoms with Crippen molar-refractivity contribution in [2.24, 2.45) is 5.73 Å². The van der Waals surface area contributed by atoms with Crippen LogP contribution in [0.25, 0.3) is 0 Å². The molecule has 1 aliphatic heterocycles. The summed E-state index contributed by atoms with van der Waals surface area (Å²) in [5.41, 5.74) is 6.69. The normalized spacial score (nSPS) is 18.8. The molecule has 0 saturated carbocycles. The van der Waals surface area contributed by atoms with E-state index in [4.69, 9.17) is 22.7 Å². The zero-order valence-corrected chi connectivity index (χ0v) is 10.4. The van der Waals surface area contributed by atoms with Crippen molar-refractivity contribution in [2.75, 3.05) is 32.8 Å². The molecule has 2 heterocycles. The second kappa shape index (κ2) is 6.00. The Bertz CT molecular complexity index is 367. The Labute approximate surface area is 106 Å². The Kier molecular flexibility index (Phi) is 4.36. The van der Waals surface area contributed by atoms with E-state index in [0.29, 0.717) is 4.99 Å². The van der Waals surface area contributed by atoms with Gasteiger partial charge in [0.25, 0.3) is 0 Å². The quantitative estimate of drug-likeness (QED) is 0.771. The fraction of sp³-hybridized carbons (Fsp3) is 0.545. The molecule has 1 atom stereocenters. The Morgan fingerprint density at radius 3 is 2.88 bits per heavy atom. The van der Waals surface area contributed by atoms with Crippen molar-refractivity contribution in [3.63, 3.8) is 0 Å². The number of hydrogen-bond acceptors (Lipinski definition) is 5. The smallest absolute Gasteiger partial charge is 0.115 e. The van der Waals surface area contributed by atoms with Crippen LogP contribution in [0.15, 0.2) is 18.6 Å². The fourth-order valence-corrected chi connectivity index (χ4v) is 2.07. The van der Waals surface area contributed by atoms with E-state index in [1.54, 1.807) is 6.20 Å². The molecule has 6 heteroatoms. The van der Waals surface area contributed by atoms with Gasteiger partial charge in [0.2, 0.25) is 0 Å². The lowest BCUT2D eigenvalue weighted by Gasteiger charge is -2.29. The minimum Gasteiger partial charge on any atom is -0.393 e. The van der Waals surface area contributed by atoms with Gasteiger partial charge >= 0.3 is 0 Å². The van der Waals surface area contributed by atoms with Crippen molar-refractivity contribution in [1.82, 2.24) is 14.9 Å². The summed E-state index contributed by atoms with van der Waals surface area (Å²) in [5.74, 6) is -0.00824. The van der Waals surface area contributed by atoms with Crippen LogP contribution in [0.1, 0.15) is 11.6 Å². The minimum atomic E-state index is -0.00824. The maximum atomic E-state index is 5.80. The lowest BCUT2D eigenvalue weighted by molar-refractivity contribution is 0.0373. The summed E-state index contributed by atoms with van der Waals surface area (Å²) in [6, 6.07) is 1.87. The highest BCUT2D eigenvalue weighted by Crippen LogP contribution is 2.15. The molecule has 2 rings (SSSR count). The lowest BCUT2D eigenvalue weighted by atomic mass is 10.0. The van der Waals surface area contributed by atoms with E-state index in [9.17, 15) is 0 Å². The highest BCUT2D eigenvalue weighted by atomic mass is 32.1. The molecule has 1 unspecified atom stereocenters. The van der Waals surface area contributed by atoms with Crippen LogP contribution in [0, 0.1) is 0 Å². The summed E-state index contributed by atoms with van der Waals surface area (Å²) in [5, 5.41) is 0. The summed E-state index contributed by atoms with van der Waals surface area (Å²) in [7, 11) is 0. The van der Waals surface area contributed by atoms with E-state index in [2.05, 4.69) is 14.9 Å². The van der Waals surface area contributed by atoms with Crippen molar-refractivity contribution in [2.45, 2.75) is 5.92 Å². The van der Waals surface area contributed by atoms with Gasteiger partial charge in [0.1, 0.15) is 6.33 Å². The van der Waals surface area contributed by atoms with Crippen LogP contribution in [0.2, 0.25) is 0 Å². The Hall–Kier alpha value is -1.11. The van der Waals surface area contributed by atoms with Gasteiger partial charge in [-0.3, -0.25) is 4.90 Å². The molecule has 0 amide bonds. The topological polar surface area (TPSA) is 64.3 Å². The molecule has 1 saturated heterocycles. The van der Waals surface area contributed by atoms with Gasteiger partial charge in [-0.15, -0.1) is 0 Å². The van der Waals surface area contributed by atoms with E-state index >= 15 is 0 Å². The molecule has 1 aromatic heterocycles. The number of nitrogens with two attached hydrogens (primary N) is 1. The third kappa shape index (κ3) is 3.42. The zero-order valence-electron chi connectivity index (χ0n) is 9.58. The largest absolute Gasteiger partial charge is 0.393 e. The molecule has 1 aromatic rings. The average molecular weight is 252 g/mol. The molecule has 0 bridgehead atoms. The summed E-state index contributed by atoms with van der Waals surface area (Å²) >= 11 is 5.13. The maximum absolute atomic E-state index is 5.80. The monoisotopic (exact) mass is 252 g/mol. The van der Waals surface area contributed by atoms with Gasteiger partial charge in [0, 0.05) is 25.8 Å². The van der Waals surface area contributed by atoms with E-state index in [1.165, 1.54) is 6.33 Å². The molecule has 0 aromatic carbocycles. The van der Waals surface area contributed by atoms with Crippen LogP contribution in [0.4, 0.5) is 0 Å². The van der Waals surface area contributed by atoms with Gasteiger partial charge in [0.15, 0.2) is 0 Å². The standard InChI is InChI=1S/C11H16N4OS/c12-11(17)9(10-1-2-13-8-14-10)7-15-3-5-16-6-4-15/h1-2,8-9H,3-7H2,(H2,12,17). The van der Waals surface area contributed by atoms with Crippen molar-refractivity contribution in [1.29, 1.82) is 0 Å². The molecular formula is C11H16N4OS. The van der Waals surface area contributed by atoms with Crippen LogP contribution in [-0.4, -0.2) is 52.7 Å². The second-order valence-corrected chi connectivity index (χ2v) is 4.47. The van der Waals surface area contributed by atoms with Crippen molar-refractivity contribution < 1.29 is 4.74 Å². The summed E-state index contributed by atoms with van der Waals surface area (Å²) in [6.45, 7) is 4.19. The van der Waals surface area contributed by atoms with E-state index < -0.39 is 0 Å². The fourth-order valence-electron chi connectivity index (χ4n) is 1.88. The number of morpholine rings is 1. The van der Waals surface area contributed by atoms with Gasteiger partial charge in [-0.25, -0.2) is 9.97 Å². The molecule has 1 aliphatic rings. The SMILES string of the molecule is NC(=S)C(CN1CCOCC1)c1ccncn1. The van der Waals surface area contributed by atoms with Crippen LogP contribution in [0.3, 0.4) is 0 Å². The molecule has 0 spiro atoms. The zero-order chi connectivity index (χ0) is 12.1. The van der Waals surface area contributed by atoms with E-state index in [0.717, 1.165) is 38.5 Å². The number of ether oxygens (including phenoxy) is 1. The molecule has 5 nitrogen and oxygen atoms in total. The van der Waals surface area contributed by atoms with Crippen molar-refractivity contribution >= 4 is 17.2 Å². The number of hydrogen-bond donors (Lipinski definition) is 1. The predicted molar refractivity (Wildman–Crippen MR) is 68.8 cm³/mol. The second-order valence-electron chi connectivity index (χ2n) is 4.00. The first-order chi connectivity index (χ1) is 8.27. The Morgan fingerprint density at radius 2 is 2.29 bits per heavy atom. The molecule has 92 valence electrons. The average Bonchev–Trinajstić information content (AvgIpc) is 2.38. The van der Waals surface area contributed by atoms with Crippen molar-refractivity contribution in [3.8, 4) is 0 Å². The number of rotatable bonds is 4. The first kappa shape index (κ1) is 12.3. The molecule has 17 heavy (non-hydrogen) atoms. The van der Waals surface area contributed by atoms with Gasteiger partial charge < -0.3 is 10.5 Å². The third-order valence-electron chi connectivity index (χ3n) is 2.85. The van der Waals surface area contributed by atoms with Gasteiger partial charge in [0.05, 0.1) is 29.8 Å². The number of thiocarbonyl (C=S) groups is 1. The van der Waals surface area contributed by atoms with Gasteiger partial charge in [-0.1, -0.05) is 12.2 Å². The highest BCUT2D eigenvalue weighted by molar-refractivity contribution is 7.80. The summed E-state index contributed by atoms with van der Waals surface area (Å²) in [4.78, 5) is 10.9. The molecule has 0 aliphatic carbocycles. The summed E-state index contributed by atoms with van der Waals surface area (Å²) in [6.07, 6.45) is 3.24. The van der Waals surface area contributed by atoms with E-state index in [-0.39, 0.29) is 5.92 Å². The number of nitrogens with zero attached hydrogens (tertiary/aromatic N) is 3. The third-order valence-corrected chi connectivity index (χ3v) is 3.13. The number of aromatic nitrogens is 2. The van der Waals surface area contributed by atoms with Crippen LogP contribution < -0.4 is 5.73 Å².